The molecule has 4 nitrogen and oxygen atoms in total. The Bertz CT molecular complexity index is 540. The van der Waals surface area contributed by atoms with Crippen LogP contribution in [-0.2, 0) is 9.84 Å². The Kier molecular flexibility index (Phi) is 4.42. The molecule has 0 atom stereocenters. The molecular weight excluding hydrogens is 267 g/mol. The second-order valence-corrected chi connectivity index (χ2v) is 6.98. The van der Waals surface area contributed by atoms with Gasteiger partial charge in [-0.3, -0.25) is 0 Å². The Morgan fingerprint density at radius 1 is 1.26 bits per heavy atom. The number of hydrogen-bond acceptors (Lipinski definition) is 4. The molecule has 0 radical (unpaired) electrons. The first-order chi connectivity index (χ1) is 8.99. The normalized spacial score (nSPS) is 16.9. The summed E-state index contributed by atoms with van der Waals surface area (Å²) in [7, 11) is -3.42. The number of halogens is 1. The van der Waals surface area contributed by atoms with Gasteiger partial charge in [0.1, 0.15) is 5.82 Å². The molecule has 0 aliphatic carbocycles. The van der Waals surface area contributed by atoms with Crippen LogP contribution in [0, 0.1) is 5.82 Å². The molecule has 1 heterocycles. The molecule has 1 aromatic carbocycles. The highest BCUT2D eigenvalue weighted by atomic mass is 32.2. The fraction of sp³-hybridized carbons (Fsp3) is 0.538. The summed E-state index contributed by atoms with van der Waals surface area (Å²) < 4.78 is 37.1. The van der Waals surface area contributed by atoms with Crippen molar-refractivity contribution in [3.05, 3.63) is 24.0 Å². The number of nitrogens with zero attached hydrogens (tertiary/aromatic N) is 1. The van der Waals surface area contributed by atoms with Crippen LogP contribution in [0.15, 0.2) is 23.1 Å². The highest BCUT2D eigenvalue weighted by Crippen LogP contribution is 2.21. The highest BCUT2D eigenvalue weighted by molar-refractivity contribution is 7.91. The van der Waals surface area contributed by atoms with Crippen LogP contribution < -0.4 is 5.73 Å². The van der Waals surface area contributed by atoms with Gasteiger partial charge in [-0.05, 0) is 57.1 Å². The molecule has 0 saturated carbocycles. The summed E-state index contributed by atoms with van der Waals surface area (Å²) in [4.78, 5) is 2.30. The molecule has 1 saturated heterocycles. The van der Waals surface area contributed by atoms with Gasteiger partial charge in [0.05, 0.1) is 16.3 Å². The maximum absolute atomic E-state index is 12.9. The lowest BCUT2D eigenvalue weighted by atomic mass is 10.3. The molecule has 0 spiro atoms. The molecule has 1 fully saturated rings. The molecule has 0 amide bonds. The fourth-order valence-corrected chi connectivity index (χ4v) is 3.82. The Labute approximate surface area is 113 Å². The summed E-state index contributed by atoms with van der Waals surface area (Å²) in [6.45, 7) is 2.90. The number of nitrogen functional groups attached to an aromatic ring is 1. The third-order valence-corrected chi connectivity index (χ3v) is 5.26. The monoisotopic (exact) mass is 286 g/mol. The van der Waals surface area contributed by atoms with E-state index in [1.807, 2.05) is 0 Å². The van der Waals surface area contributed by atoms with E-state index in [9.17, 15) is 12.8 Å². The molecule has 1 aliphatic rings. The van der Waals surface area contributed by atoms with Gasteiger partial charge in [-0.25, -0.2) is 12.8 Å². The second-order valence-electron chi connectivity index (χ2n) is 4.90. The summed E-state index contributed by atoms with van der Waals surface area (Å²) >= 11 is 0. The number of anilines is 1. The minimum absolute atomic E-state index is 0.0128. The van der Waals surface area contributed by atoms with Crippen LogP contribution in [0.4, 0.5) is 10.1 Å². The molecule has 1 aromatic rings. The van der Waals surface area contributed by atoms with Crippen molar-refractivity contribution < 1.29 is 12.8 Å². The van der Waals surface area contributed by atoms with Gasteiger partial charge in [-0.1, -0.05) is 0 Å². The highest BCUT2D eigenvalue weighted by Gasteiger charge is 2.19. The lowest BCUT2D eigenvalue weighted by Crippen LogP contribution is -2.22. The Hall–Kier alpha value is -1.14. The summed E-state index contributed by atoms with van der Waals surface area (Å²) in [6, 6.07) is 3.42. The predicted octanol–water partition coefficient (Wildman–Crippen LogP) is 1.67. The predicted molar refractivity (Wildman–Crippen MR) is 73.2 cm³/mol. The Morgan fingerprint density at radius 2 is 1.95 bits per heavy atom. The van der Waals surface area contributed by atoms with E-state index in [-0.39, 0.29) is 16.3 Å². The molecule has 2 N–H and O–H groups in total. The van der Waals surface area contributed by atoms with E-state index in [1.165, 1.54) is 18.9 Å². The summed E-state index contributed by atoms with van der Waals surface area (Å²) in [6.07, 6.45) is 2.97. The van der Waals surface area contributed by atoms with Crippen molar-refractivity contribution in [1.82, 2.24) is 4.90 Å². The molecule has 6 heteroatoms. The minimum Gasteiger partial charge on any atom is -0.398 e. The van der Waals surface area contributed by atoms with E-state index in [0.717, 1.165) is 31.8 Å². The summed E-state index contributed by atoms with van der Waals surface area (Å²) in [5.41, 5.74) is 5.56. The van der Waals surface area contributed by atoms with Gasteiger partial charge in [0.25, 0.3) is 0 Å². The molecule has 0 unspecified atom stereocenters. The van der Waals surface area contributed by atoms with Crippen molar-refractivity contribution in [2.75, 3.05) is 31.1 Å². The molecule has 2 rings (SSSR count). The second kappa shape index (κ2) is 5.88. The molecule has 106 valence electrons. The van der Waals surface area contributed by atoms with Gasteiger partial charge in [-0.15, -0.1) is 0 Å². The van der Waals surface area contributed by atoms with E-state index >= 15 is 0 Å². The summed E-state index contributed by atoms with van der Waals surface area (Å²) in [5.74, 6) is -0.465. The minimum atomic E-state index is -3.42. The smallest absolute Gasteiger partial charge is 0.180 e. The first-order valence-corrected chi connectivity index (χ1v) is 8.14. The third kappa shape index (κ3) is 3.67. The van der Waals surface area contributed by atoms with Gasteiger partial charge < -0.3 is 10.6 Å². The SMILES string of the molecule is Nc1cc(F)ccc1S(=O)(=O)CCCN1CCCC1. The van der Waals surface area contributed by atoms with Gasteiger partial charge >= 0.3 is 0 Å². The van der Waals surface area contributed by atoms with E-state index in [4.69, 9.17) is 5.73 Å². The maximum atomic E-state index is 12.9. The van der Waals surface area contributed by atoms with Crippen LogP contribution in [0.1, 0.15) is 19.3 Å². The largest absolute Gasteiger partial charge is 0.398 e. The number of rotatable bonds is 5. The zero-order chi connectivity index (χ0) is 13.9. The number of benzene rings is 1. The average Bonchev–Trinajstić information content (AvgIpc) is 2.81. The topological polar surface area (TPSA) is 63.4 Å². The Balaban J connectivity index is 1.97. The van der Waals surface area contributed by atoms with Crippen molar-refractivity contribution in [1.29, 1.82) is 0 Å². The van der Waals surface area contributed by atoms with Crippen LogP contribution in [0.3, 0.4) is 0 Å². The van der Waals surface area contributed by atoms with Crippen LogP contribution in [0.2, 0.25) is 0 Å². The lowest BCUT2D eigenvalue weighted by molar-refractivity contribution is 0.340. The molecule has 19 heavy (non-hydrogen) atoms. The van der Waals surface area contributed by atoms with E-state index in [0.29, 0.717) is 6.42 Å². The van der Waals surface area contributed by atoms with Gasteiger partial charge in [0.15, 0.2) is 9.84 Å². The Morgan fingerprint density at radius 3 is 2.58 bits per heavy atom. The zero-order valence-corrected chi connectivity index (χ0v) is 11.6. The zero-order valence-electron chi connectivity index (χ0n) is 10.8. The molecule has 1 aliphatic heterocycles. The number of nitrogens with two attached hydrogens (primary N) is 1. The number of sulfone groups is 1. The van der Waals surface area contributed by atoms with E-state index in [2.05, 4.69) is 4.90 Å². The van der Waals surface area contributed by atoms with Gasteiger partial charge in [-0.2, -0.15) is 0 Å². The van der Waals surface area contributed by atoms with Crippen molar-refractivity contribution in [2.24, 2.45) is 0 Å². The van der Waals surface area contributed by atoms with Crippen LogP contribution >= 0.6 is 0 Å². The number of hydrogen-bond donors (Lipinski definition) is 1. The van der Waals surface area contributed by atoms with E-state index < -0.39 is 15.7 Å². The van der Waals surface area contributed by atoms with Gasteiger partial charge in [0, 0.05) is 0 Å². The molecule has 0 aromatic heterocycles. The average molecular weight is 286 g/mol. The molecular formula is C13H19FN2O2S. The fourth-order valence-electron chi connectivity index (χ4n) is 2.40. The summed E-state index contributed by atoms with van der Waals surface area (Å²) in [5, 5.41) is 0. The quantitative estimate of drug-likeness (QED) is 0.660. The van der Waals surface area contributed by atoms with Gasteiger partial charge in [0.2, 0.25) is 0 Å². The number of likely N-dealkylation sites (tertiary alicyclic amines) is 1. The first-order valence-electron chi connectivity index (χ1n) is 6.49. The third-order valence-electron chi connectivity index (χ3n) is 3.39. The van der Waals surface area contributed by atoms with E-state index in [1.54, 1.807) is 0 Å². The van der Waals surface area contributed by atoms with Crippen molar-refractivity contribution in [2.45, 2.75) is 24.2 Å². The van der Waals surface area contributed by atoms with Crippen molar-refractivity contribution in [3.63, 3.8) is 0 Å². The van der Waals surface area contributed by atoms with Crippen LogP contribution in [-0.4, -0.2) is 38.7 Å². The standard InChI is InChI=1S/C13H19FN2O2S/c14-11-4-5-13(12(15)10-11)19(17,18)9-3-8-16-6-1-2-7-16/h4-5,10H,1-3,6-9,15H2. The van der Waals surface area contributed by atoms with Crippen LogP contribution in [0.5, 0.6) is 0 Å². The molecule has 0 bridgehead atoms. The van der Waals surface area contributed by atoms with Crippen molar-refractivity contribution >= 4 is 15.5 Å². The van der Waals surface area contributed by atoms with Crippen LogP contribution in [0.25, 0.3) is 0 Å². The first kappa shape index (κ1) is 14.3. The maximum Gasteiger partial charge on any atom is 0.180 e. The van der Waals surface area contributed by atoms with Crippen molar-refractivity contribution in [3.8, 4) is 0 Å². The lowest BCUT2D eigenvalue weighted by Gasteiger charge is -2.14.